The van der Waals surface area contributed by atoms with Gasteiger partial charge in [0, 0.05) is 31.0 Å². The molecule has 0 aliphatic carbocycles. The third kappa shape index (κ3) is 5.81. The van der Waals surface area contributed by atoms with E-state index in [9.17, 15) is 14.0 Å². The smallest absolute Gasteiger partial charge is 0.233 e. The number of hydrogen-bond donors (Lipinski definition) is 2. The predicted molar refractivity (Wildman–Crippen MR) is 104 cm³/mol. The molecule has 2 N–H and O–H groups in total. The molecule has 1 saturated heterocycles. The van der Waals surface area contributed by atoms with Crippen LogP contribution in [0.1, 0.15) is 31.2 Å². The lowest BCUT2D eigenvalue weighted by atomic mass is 10.1. The predicted octanol–water partition coefficient (Wildman–Crippen LogP) is 3.46. The fourth-order valence-corrected chi connectivity index (χ4v) is 3.12. The molecule has 3 rings (SSSR count). The Balaban J connectivity index is 1.44. The molecule has 0 saturated carbocycles. The number of nitrogens with one attached hydrogen (secondary N) is 2. The molecule has 0 radical (unpaired) electrons. The number of benzene rings is 2. The highest BCUT2D eigenvalue weighted by molar-refractivity contribution is 6.03. The average Bonchev–Trinajstić information content (AvgIpc) is 2.69. The minimum atomic E-state index is -0.373. The second-order valence-corrected chi connectivity index (χ2v) is 6.72. The van der Waals surface area contributed by atoms with Crippen molar-refractivity contribution in [3.8, 4) is 0 Å². The van der Waals surface area contributed by atoms with Crippen LogP contribution in [0.5, 0.6) is 0 Å². The summed E-state index contributed by atoms with van der Waals surface area (Å²) in [6.45, 7) is 2.40. The van der Waals surface area contributed by atoms with Crippen molar-refractivity contribution in [3.63, 3.8) is 0 Å². The fraction of sp³-hybridized carbons (Fsp3) is 0.333. The molecule has 0 aromatic heterocycles. The second-order valence-electron chi connectivity index (χ2n) is 6.72. The lowest BCUT2D eigenvalue weighted by molar-refractivity contribution is -0.126. The molecule has 2 amide bonds. The molecule has 0 spiro atoms. The Kier molecular flexibility index (Phi) is 6.41. The molecule has 1 heterocycles. The third-order valence-corrected chi connectivity index (χ3v) is 4.60. The van der Waals surface area contributed by atoms with Gasteiger partial charge in [0.15, 0.2) is 0 Å². The van der Waals surface area contributed by atoms with Gasteiger partial charge in [0.05, 0.1) is 0 Å². The summed E-state index contributed by atoms with van der Waals surface area (Å²) in [5.74, 6) is -1.06. The van der Waals surface area contributed by atoms with Gasteiger partial charge >= 0.3 is 0 Å². The van der Waals surface area contributed by atoms with Crippen molar-refractivity contribution in [2.75, 3.05) is 23.3 Å². The van der Waals surface area contributed by atoms with Crippen molar-refractivity contribution < 1.29 is 14.0 Å². The highest BCUT2D eigenvalue weighted by atomic mass is 19.1. The lowest BCUT2D eigenvalue weighted by Crippen LogP contribution is -2.29. The molecule has 2 aromatic carbocycles. The largest absolute Gasteiger partial charge is 0.372 e. The Morgan fingerprint density at radius 1 is 0.889 bits per heavy atom. The zero-order valence-electron chi connectivity index (χ0n) is 15.2. The van der Waals surface area contributed by atoms with Crippen LogP contribution >= 0.6 is 0 Å². The van der Waals surface area contributed by atoms with Gasteiger partial charge in [-0.1, -0.05) is 12.1 Å². The van der Waals surface area contributed by atoms with Crippen molar-refractivity contribution in [2.45, 2.75) is 32.2 Å². The quantitative estimate of drug-likeness (QED) is 0.767. The summed E-state index contributed by atoms with van der Waals surface area (Å²) in [5, 5.41) is 5.40. The molecule has 1 aliphatic rings. The minimum absolute atomic E-state index is 0.255. The highest BCUT2D eigenvalue weighted by Gasteiger charge is 2.12. The maximum absolute atomic E-state index is 12.9. The maximum Gasteiger partial charge on any atom is 0.233 e. The summed E-state index contributed by atoms with van der Waals surface area (Å²) in [6, 6.07) is 13.6. The first-order valence-corrected chi connectivity index (χ1v) is 9.26. The third-order valence-electron chi connectivity index (χ3n) is 4.60. The minimum Gasteiger partial charge on any atom is -0.372 e. The van der Waals surface area contributed by atoms with Gasteiger partial charge in [0.1, 0.15) is 12.2 Å². The summed E-state index contributed by atoms with van der Waals surface area (Å²) in [5.41, 5.74) is 2.61. The van der Waals surface area contributed by atoms with E-state index < -0.39 is 0 Å². The Morgan fingerprint density at radius 3 is 2.22 bits per heavy atom. The molecule has 5 nitrogen and oxygen atoms in total. The van der Waals surface area contributed by atoms with E-state index in [0.29, 0.717) is 5.69 Å². The summed E-state index contributed by atoms with van der Waals surface area (Å²) in [4.78, 5) is 26.3. The van der Waals surface area contributed by atoms with E-state index in [1.807, 2.05) is 24.3 Å². The van der Waals surface area contributed by atoms with Crippen LogP contribution < -0.4 is 15.5 Å². The molecule has 0 bridgehead atoms. The maximum atomic E-state index is 12.9. The second kappa shape index (κ2) is 9.16. The number of piperidine rings is 1. The van der Waals surface area contributed by atoms with Crippen molar-refractivity contribution >= 4 is 23.2 Å². The SMILES string of the molecule is O=C(CC(=O)Nc1ccc(N2CCCCC2)cc1)NCc1ccc(F)cc1. The van der Waals surface area contributed by atoms with Gasteiger partial charge in [-0.3, -0.25) is 9.59 Å². The lowest BCUT2D eigenvalue weighted by Gasteiger charge is -2.28. The molecule has 142 valence electrons. The van der Waals surface area contributed by atoms with Gasteiger partial charge in [0.2, 0.25) is 11.8 Å². The van der Waals surface area contributed by atoms with Crippen LogP contribution in [0.3, 0.4) is 0 Å². The van der Waals surface area contributed by atoms with Crippen LogP contribution in [-0.4, -0.2) is 24.9 Å². The molecular weight excluding hydrogens is 345 g/mol. The van der Waals surface area contributed by atoms with Gasteiger partial charge in [0.25, 0.3) is 0 Å². The standard InChI is InChI=1S/C21H24FN3O2/c22-17-6-4-16(5-7-17)15-23-20(26)14-21(27)24-18-8-10-19(11-9-18)25-12-2-1-3-13-25/h4-11H,1-3,12-15H2,(H,23,26)(H,24,27). The molecule has 0 unspecified atom stereocenters. The number of rotatable bonds is 6. The van der Waals surface area contributed by atoms with E-state index >= 15 is 0 Å². The molecule has 27 heavy (non-hydrogen) atoms. The van der Waals surface area contributed by atoms with E-state index in [-0.39, 0.29) is 30.6 Å². The monoisotopic (exact) mass is 369 g/mol. The Morgan fingerprint density at radius 2 is 1.56 bits per heavy atom. The topological polar surface area (TPSA) is 61.4 Å². The van der Waals surface area contributed by atoms with Crippen molar-refractivity contribution in [1.29, 1.82) is 0 Å². The van der Waals surface area contributed by atoms with Gasteiger partial charge in [-0.15, -0.1) is 0 Å². The number of carbonyl (C=O) groups is 2. The van der Waals surface area contributed by atoms with E-state index in [0.717, 1.165) is 24.3 Å². The molecule has 1 aliphatic heterocycles. The van der Waals surface area contributed by atoms with Gasteiger partial charge < -0.3 is 15.5 Å². The Labute approximate surface area is 158 Å². The number of anilines is 2. The summed E-state index contributed by atoms with van der Waals surface area (Å²) >= 11 is 0. The first kappa shape index (κ1) is 18.9. The van der Waals surface area contributed by atoms with Crippen molar-refractivity contribution in [3.05, 3.63) is 59.9 Å². The normalized spacial score (nSPS) is 13.9. The number of hydrogen-bond acceptors (Lipinski definition) is 3. The van der Waals surface area contributed by atoms with Crippen LogP contribution in [-0.2, 0) is 16.1 Å². The molecule has 0 atom stereocenters. The fourth-order valence-electron chi connectivity index (χ4n) is 3.12. The van der Waals surface area contributed by atoms with Crippen LogP contribution in [0.25, 0.3) is 0 Å². The molecule has 2 aromatic rings. The number of halogens is 1. The number of amides is 2. The van der Waals surface area contributed by atoms with Crippen LogP contribution in [0.2, 0.25) is 0 Å². The van der Waals surface area contributed by atoms with Gasteiger partial charge in [-0.25, -0.2) is 4.39 Å². The summed E-state index contributed by atoms with van der Waals surface area (Å²) < 4.78 is 12.9. The summed E-state index contributed by atoms with van der Waals surface area (Å²) in [6.07, 6.45) is 3.46. The van der Waals surface area contributed by atoms with E-state index in [1.165, 1.54) is 31.4 Å². The van der Waals surface area contributed by atoms with E-state index in [1.54, 1.807) is 12.1 Å². The molecule has 1 fully saturated rings. The summed E-state index contributed by atoms with van der Waals surface area (Å²) in [7, 11) is 0. The Hall–Kier alpha value is -2.89. The van der Waals surface area contributed by atoms with E-state index in [4.69, 9.17) is 0 Å². The highest BCUT2D eigenvalue weighted by Crippen LogP contribution is 2.21. The zero-order valence-corrected chi connectivity index (χ0v) is 15.2. The van der Waals surface area contributed by atoms with E-state index in [2.05, 4.69) is 15.5 Å². The van der Waals surface area contributed by atoms with Gasteiger partial charge in [-0.05, 0) is 61.2 Å². The average molecular weight is 369 g/mol. The zero-order chi connectivity index (χ0) is 19.1. The first-order chi connectivity index (χ1) is 13.1. The van der Waals surface area contributed by atoms with Crippen LogP contribution in [0.4, 0.5) is 15.8 Å². The number of nitrogens with zero attached hydrogens (tertiary/aromatic N) is 1. The van der Waals surface area contributed by atoms with Crippen LogP contribution in [0, 0.1) is 5.82 Å². The van der Waals surface area contributed by atoms with Gasteiger partial charge in [-0.2, -0.15) is 0 Å². The number of carbonyl (C=O) groups excluding carboxylic acids is 2. The molecule has 6 heteroatoms. The Bertz CT molecular complexity index is 769. The van der Waals surface area contributed by atoms with Crippen molar-refractivity contribution in [1.82, 2.24) is 5.32 Å². The van der Waals surface area contributed by atoms with Crippen LogP contribution in [0.15, 0.2) is 48.5 Å². The first-order valence-electron chi connectivity index (χ1n) is 9.26. The molecular formula is C21H24FN3O2. The van der Waals surface area contributed by atoms with Crippen molar-refractivity contribution in [2.24, 2.45) is 0 Å².